The fourth-order valence-corrected chi connectivity index (χ4v) is 2.18. The van der Waals surface area contributed by atoms with Gasteiger partial charge < -0.3 is 5.32 Å². The highest BCUT2D eigenvalue weighted by atomic mass is 32.2. The van der Waals surface area contributed by atoms with E-state index in [1.807, 2.05) is 0 Å². The highest BCUT2D eigenvalue weighted by Crippen LogP contribution is 2.39. The summed E-state index contributed by atoms with van der Waals surface area (Å²) < 4.78 is 0. The van der Waals surface area contributed by atoms with Gasteiger partial charge in [0.1, 0.15) is 11.9 Å². The number of nitrogens with zero attached hydrogens (tertiary/aromatic N) is 3. The highest BCUT2D eigenvalue weighted by Gasteiger charge is 2.42. The average molecular weight is 251 g/mol. The lowest BCUT2D eigenvalue weighted by Crippen LogP contribution is -2.47. The van der Waals surface area contributed by atoms with Gasteiger partial charge >= 0.3 is 0 Å². The lowest BCUT2D eigenvalue weighted by atomic mass is 9.98. The second kappa shape index (κ2) is 4.75. The van der Waals surface area contributed by atoms with Gasteiger partial charge in [0.25, 0.3) is 0 Å². The van der Waals surface area contributed by atoms with E-state index in [0.717, 1.165) is 12.8 Å². The second-order valence-electron chi connectivity index (χ2n) is 4.22. The van der Waals surface area contributed by atoms with Crippen LogP contribution >= 0.6 is 11.8 Å². The first-order valence-electron chi connectivity index (χ1n) is 5.34. The van der Waals surface area contributed by atoms with Gasteiger partial charge in [0.05, 0.1) is 11.8 Å². The maximum Gasteiger partial charge on any atom is 0.231 e. The number of rotatable bonds is 5. The van der Waals surface area contributed by atoms with Crippen LogP contribution in [0.2, 0.25) is 0 Å². The van der Waals surface area contributed by atoms with Gasteiger partial charge in [-0.05, 0) is 25.7 Å². The van der Waals surface area contributed by atoms with Crippen LogP contribution in [0.5, 0.6) is 0 Å². The summed E-state index contributed by atoms with van der Waals surface area (Å²) in [5.41, 5.74) is -0.723. The van der Waals surface area contributed by atoms with Crippen LogP contribution in [0.4, 0.5) is 0 Å². The standard InChI is InChI=1S/C10H13N5OS/c1-10(5-11,7-2-3-7)14-8(16)4-17-9-12-6-13-15-9/h6-7H,2-4H2,1H3,(H,14,16)(H,12,13,15)/t10-/m1/s1. The molecule has 1 aliphatic rings. The summed E-state index contributed by atoms with van der Waals surface area (Å²) in [6, 6.07) is 2.19. The van der Waals surface area contributed by atoms with E-state index in [0.29, 0.717) is 11.1 Å². The normalized spacial score (nSPS) is 18.1. The SMILES string of the molecule is C[C@](C#N)(NC(=O)CSc1ncn[nH]1)C1CC1. The quantitative estimate of drug-likeness (QED) is 0.751. The molecule has 0 unspecified atom stereocenters. The number of aromatic amines is 1. The number of nitrogens with one attached hydrogen (secondary N) is 2. The Morgan fingerprint density at radius 1 is 1.82 bits per heavy atom. The maximum absolute atomic E-state index is 11.7. The third kappa shape index (κ3) is 2.97. The van der Waals surface area contributed by atoms with Gasteiger partial charge in [-0.3, -0.25) is 9.89 Å². The summed E-state index contributed by atoms with van der Waals surface area (Å²) in [5.74, 6) is 0.383. The molecule has 1 aromatic heterocycles. The van der Waals surface area contributed by atoms with Crippen molar-refractivity contribution in [3.05, 3.63) is 6.33 Å². The predicted octanol–water partition coefficient (Wildman–Crippen LogP) is 0.705. The molecule has 1 atom stereocenters. The molecule has 0 radical (unpaired) electrons. The molecule has 0 spiro atoms. The number of hydrogen-bond donors (Lipinski definition) is 2. The third-order valence-electron chi connectivity index (χ3n) is 2.76. The summed E-state index contributed by atoms with van der Waals surface area (Å²) >= 11 is 1.27. The molecular weight excluding hydrogens is 238 g/mol. The van der Waals surface area contributed by atoms with Crippen LogP contribution in [0, 0.1) is 17.2 Å². The lowest BCUT2D eigenvalue weighted by molar-refractivity contribution is -0.119. The number of aromatic nitrogens is 3. The van der Waals surface area contributed by atoms with Crippen molar-refractivity contribution >= 4 is 17.7 Å². The van der Waals surface area contributed by atoms with Crippen LogP contribution in [0.1, 0.15) is 19.8 Å². The fourth-order valence-electron chi connectivity index (χ4n) is 1.61. The van der Waals surface area contributed by atoms with E-state index in [9.17, 15) is 4.79 Å². The molecule has 1 aliphatic carbocycles. The van der Waals surface area contributed by atoms with E-state index in [4.69, 9.17) is 5.26 Å². The predicted molar refractivity (Wildman–Crippen MR) is 62.0 cm³/mol. The molecule has 90 valence electrons. The first-order chi connectivity index (χ1) is 8.14. The Labute approximate surface area is 103 Å². The Hall–Kier alpha value is -1.55. The number of nitriles is 1. The van der Waals surface area contributed by atoms with E-state index < -0.39 is 5.54 Å². The molecule has 6 nitrogen and oxygen atoms in total. The van der Waals surface area contributed by atoms with E-state index in [-0.39, 0.29) is 11.7 Å². The number of carbonyl (C=O) groups is 1. The van der Waals surface area contributed by atoms with Gasteiger partial charge in [0, 0.05) is 0 Å². The Balaban J connectivity index is 1.82. The van der Waals surface area contributed by atoms with Gasteiger partial charge in [0.15, 0.2) is 5.16 Å². The van der Waals surface area contributed by atoms with Gasteiger partial charge in [0.2, 0.25) is 5.91 Å². The number of amides is 1. The van der Waals surface area contributed by atoms with Crippen LogP contribution in [0.3, 0.4) is 0 Å². The van der Waals surface area contributed by atoms with Crippen molar-refractivity contribution in [3.8, 4) is 6.07 Å². The van der Waals surface area contributed by atoms with Crippen molar-refractivity contribution in [3.63, 3.8) is 0 Å². The first kappa shape index (κ1) is 11.9. The van der Waals surface area contributed by atoms with E-state index in [2.05, 4.69) is 26.6 Å². The minimum Gasteiger partial charge on any atom is -0.337 e. The smallest absolute Gasteiger partial charge is 0.231 e. The number of carbonyl (C=O) groups excluding carboxylic acids is 1. The van der Waals surface area contributed by atoms with Crippen molar-refractivity contribution in [1.29, 1.82) is 5.26 Å². The monoisotopic (exact) mass is 251 g/mol. The molecule has 17 heavy (non-hydrogen) atoms. The Morgan fingerprint density at radius 3 is 3.12 bits per heavy atom. The van der Waals surface area contributed by atoms with E-state index >= 15 is 0 Å². The molecule has 0 bridgehead atoms. The van der Waals surface area contributed by atoms with Gasteiger partial charge in [-0.2, -0.15) is 10.4 Å². The second-order valence-corrected chi connectivity index (χ2v) is 5.18. The van der Waals surface area contributed by atoms with Crippen LogP contribution < -0.4 is 5.32 Å². The molecule has 1 aromatic rings. The first-order valence-corrected chi connectivity index (χ1v) is 6.33. The van der Waals surface area contributed by atoms with Crippen LogP contribution in [-0.4, -0.2) is 32.4 Å². The minimum absolute atomic E-state index is 0.151. The summed E-state index contributed by atoms with van der Waals surface area (Å²) in [7, 11) is 0. The number of H-pyrrole nitrogens is 1. The highest BCUT2D eigenvalue weighted by molar-refractivity contribution is 7.99. The van der Waals surface area contributed by atoms with Crippen molar-refractivity contribution in [2.45, 2.75) is 30.5 Å². The van der Waals surface area contributed by atoms with Gasteiger partial charge in [-0.15, -0.1) is 0 Å². The molecule has 1 saturated carbocycles. The maximum atomic E-state index is 11.7. The van der Waals surface area contributed by atoms with Gasteiger partial charge in [-0.1, -0.05) is 11.8 Å². The molecule has 0 saturated heterocycles. The molecule has 0 aliphatic heterocycles. The number of hydrogen-bond acceptors (Lipinski definition) is 5. The van der Waals surface area contributed by atoms with E-state index in [1.165, 1.54) is 18.1 Å². The van der Waals surface area contributed by atoms with E-state index in [1.54, 1.807) is 6.92 Å². The lowest BCUT2D eigenvalue weighted by Gasteiger charge is -2.22. The average Bonchev–Trinajstić information content (AvgIpc) is 3.05. The Morgan fingerprint density at radius 2 is 2.59 bits per heavy atom. The van der Waals surface area contributed by atoms with Crippen molar-refractivity contribution in [2.75, 3.05) is 5.75 Å². The topological polar surface area (TPSA) is 94.5 Å². The number of thioether (sulfide) groups is 1. The summed E-state index contributed by atoms with van der Waals surface area (Å²) in [5, 5.41) is 18.8. The molecule has 1 heterocycles. The molecule has 0 aromatic carbocycles. The van der Waals surface area contributed by atoms with Crippen molar-refractivity contribution < 1.29 is 4.79 Å². The summed E-state index contributed by atoms with van der Waals surface area (Å²) in [4.78, 5) is 15.6. The largest absolute Gasteiger partial charge is 0.337 e. The summed E-state index contributed by atoms with van der Waals surface area (Å²) in [6.45, 7) is 1.78. The molecular formula is C10H13N5OS. The minimum atomic E-state index is -0.723. The van der Waals surface area contributed by atoms with Crippen LogP contribution in [-0.2, 0) is 4.79 Å². The zero-order valence-electron chi connectivity index (χ0n) is 9.43. The van der Waals surface area contributed by atoms with Gasteiger partial charge in [-0.25, -0.2) is 4.98 Å². The molecule has 2 rings (SSSR count). The van der Waals surface area contributed by atoms with Crippen LogP contribution in [0.15, 0.2) is 11.5 Å². The fraction of sp³-hybridized carbons (Fsp3) is 0.600. The summed E-state index contributed by atoms with van der Waals surface area (Å²) in [6.07, 6.45) is 3.42. The third-order valence-corrected chi connectivity index (χ3v) is 3.63. The molecule has 1 fully saturated rings. The Kier molecular flexibility index (Phi) is 3.33. The van der Waals surface area contributed by atoms with Crippen molar-refractivity contribution in [2.24, 2.45) is 5.92 Å². The van der Waals surface area contributed by atoms with Crippen molar-refractivity contribution in [1.82, 2.24) is 20.5 Å². The zero-order valence-corrected chi connectivity index (χ0v) is 10.3. The Bertz CT molecular complexity index is 436. The zero-order chi connectivity index (χ0) is 12.3. The molecule has 7 heteroatoms. The molecule has 2 N–H and O–H groups in total. The molecule has 1 amide bonds. The van der Waals surface area contributed by atoms with Crippen LogP contribution in [0.25, 0.3) is 0 Å².